The fourth-order valence-corrected chi connectivity index (χ4v) is 3.67. The average Bonchev–Trinajstić information content (AvgIpc) is 3.24. The summed E-state index contributed by atoms with van der Waals surface area (Å²) in [6.07, 6.45) is 2.03. The van der Waals surface area contributed by atoms with Crippen LogP contribution in [0.25, 0.3) is 0 Å². The maximum absolute atomic E-state index is 12.1. The molecule has 3 rings (SSSR count). The van der Waals surface area contributed by atoms with Gasteiger partial charge in [-0.2, -0.15) is 0 Å². The van der Waals surface area contributed by atoms with E-state index in [-0.39, 0.29) is 17.6 Å². The first-order valence-electron chi connectivity index (χ1n) is 8.32. The molecule has 1 aliphatic heterocycles. The van der Waals surface area contributed by atoms with Gasteiger partial charge < -0.3 is 10.2 Å². The fraction of sp³-hybridized carbons (Fsp3) is 0.316. The molecule has 2 amide bonds. The second-order valence-corrected chi connectivity index (χ2v) is 7.01. The Morgan fingerprint density at radius 3 is 2.76 bits per heavy atom. The summed E-state index contributed by atoms with van der Waals surface area (Å²) in [5.74, 6) is -0.0296. The zero-order chi connectivity index (χ0) is 17.8. The Hall–Kier alpha value is -2.47. The lowest BCUT2D eigenvalue weighted by Gasteiger charge is -2.15. The van der Waals surface area contributed by atoms with E-state index in [2.05, 4.69) is 5.32 Å². The Kier molecular flexibility index (Phi) is 5.28. The predicted molar refractivity (Wildman–Crippen MR) is 99.3 cm³/mol. The van der Waals surface area contributed by atoms with Gasteiger partial charge in [-0.25, -0.2) is 0 Å². The van der Waals surface area contributed by atoms with Gasteiger partial charge in [-0.1, -0.05) is 12.1 Å². The van der Waals surface area contributed by atoms with E-state index in [1.54, 1.807) is 17.9 Å². The molecule has 0 atom stereocenters. The number of hydrogen-bond acceptors (Lipinski definition) is 4. The first-order chi connectivity index (χ1) is 12.0. The van der Waals surface area contributed by atoms with Crippen molar-refractivity contribution in [2.45, 2.75) is 32.6 Å². The average molecular weight is 356 g/mol. The van der Waals surface area contributed by atoms with Crippen molar-refractivity contribution < 1.29 is 14.4 Å². The van der Waals surface area contributed by atoms with Gasteiger partial charge in [0.25, 0.3) is 0 Å². The van der Waals surface area contributed by atoms with Crippen molar-refractivity contribution in [1.82, 2.24) is 0 Å². The Bertz CT molecular complexity index is 799. The fourth-order valence-electron chi connectivity index (χ4n) is 2.98. The summed E-state index contributed by atoms with van der Waals surface area (Å²) in [7, 11) is 0. The number of nitrogens with zero attached hydrogens (tertiary/aromatic N) is 1. The van der Waals surface area contributed by atoms with Crippen molar-refractivity contribution >= 4 is 40.3 Å². The maximum Gasteiger partial charge on any atom is 0.224 e. The van der Waals surface area contributed by atoms with Gasteiger partial charge >= 0.3 is 0 Å². The predicted octanol–water partition coefficient (Wildman–Crippen LogP) is 3.65. The number of thiophene rings is 1. The molecular weight excluding hydrogens is 336 g/mol. The normalized spacial score (nSPS) is 12.8. The Labute approximate surface area is 150 Å². The lowest BCUT2D eigenvalue weighted by atomic mass is 10.1. The number of carbonyl (C=O) groups excluding carboxylic acids is 3. The highest BCUT2D eigenvalue weighted by atomic mass is 32.1. The molecule has 0 unspecified atom stereocenters. The zero-order valence-electron chi connectivity index (χ0n) is 14.1. The molecule has 1 aliphatic rings. The summed E-state index contributed by atoms with van der Waals surface area (Å²) >= 11 is 1.42. The molecule has 1 aromatic heterocycles. The van der Waals surface area contributed by atoms with E-state index in [1.165, 1.54) is 11.3 Å². The molecule has 0 fully saturated rings. The molecule has 2 aromatic rings. The minimum absolute atomic E-state index is 0.00863. The molecule has 25 heavy (non-hydrogen) atoms. The Morgan fingerprint density at radius 1 is 1.20 bits per heavy atom. The third-order valence-corrected chi connectivity index (χ3v) is 5.16. The number of carbonyl (C=O) groups is 3. The number of benzene rings is 1. The highest BCUT2D eigenvalue weighted by Crippen LogP contribution is 2.31. The molecule has 0 saturated carbocycles. The van der Waals surface area contributed by atoms with E-state index >= 15 is 0 Å². The van der Waals surface area contributed by atoms with Gasteiger partial charge in [-0.15, -0.1) is 11.3 Å². The Balaban J connectivity index is 1.52. The van der Waals surface area contributed by atoms with Crippen molar-refractivity contribution in [3.63, 3.8) is 0 Å². The second kappa shape index (κ2) is 7.61. The van der Waals surface area contributed by atoms with Gasteiger partial charge in [-0.3, -0.25) is 14.4 Å². The topological polar surface area (TPSA) is 66.5 Å². The summed E-state index contributed by atoms with van der Waals surface area (Å²) in [6, 6.07) is 9.31. The van der Waals surface area contributed by atoms with Crippen LogP contribution in [0.15, 0.2) is 35.7 Å². The molecule has 1 N–H and O–H groups in total. The van der Waals surface area contributed by atoms with Gasteiger partial charge in [0.1, 0.15) is 0 Å². The Morgan fingerprint density at radius 2 is 2.04 bits per heavy atom. The van der Waals surface area contributed by atoms with Crippen LogP contribution in [-0.2, 0) is 16.0 Å². The first kappa shape index (κ1) is 17.4. The van der Waals surface area contributed by atoms with E-state index in [4.69, 9.17) is 0 Å². The molecule has 0 spiro atoms. The van der Waals surface area contributed by atoms with Gasteiger partial charge in [0, 0.05) is 37.7 Å². The van der Waals surface area contributed by atoms with Crippen LogP contribution in [0, 0.1) is 0 Å². The smallest absolute Gasteiger partial charge is 0.224 e. The lowest BCUT2D eigenvalue weighted by Crippen LogP contribution is -2.25. The molecule has 1 aromatic carbocycles. The van der Waals surface area contributed by atoms with Crippen LogP contribution < -0.4 is 10.2 Å². The van der Waals surface area contributed by atoms with Gasteiger partial charge in [0.2, 0.25) is 11.8 Å². The summed E-state index contributed by atoms with van der Waals surface area (Å²) in [6.45, 7) is 2.23. The van der Waals surface area contributed by atoms with Crippen LogP contribution in [-0.4, -0.2) is 24.1 Å². The zero-order valence-corrected chi connectivity index (χ0v) is 14.9. The van der Waals surface area contributed by atoms with Crippen molar-refractivity contribution in [3.05, 3.63) is 46.2 Å². The highest BCUT2D eigenvalue weighted by Gasteiger charge is 2.22. The van der Waals surface area contributed by atoms with E-state index < -0.39 is 0 Å². The third-order valence-electron chi connectivity index (χ3n) is 4.25. The van der Waals surface area contributed by atoms with Crippen molar-refractivity contribution in [1.29, 1.82) is 0 Å². The van der Waals surface area contributed by atoms with Crippen LogP contribution in [0.5, 0.6) is 0 Å². The van der Waals surface area contributed by atoms with E-state index in [9.17, 15) is 14.4 Å². The number of fused-ring (bicyclic) bond motifs is 1. The number of Topliss-reactive ketones (excluding diaryl/α,β-unsaturated/α-hetero) is 1. The molecule has 6 heteroatoms. The number of nitrogens with one attached hydrogen (secondary N) is 1. The second-order valence-electron chi connectivity index (χ2n) is 6.07. The van der Waals surface area contributed by atoms with Crippen LogP contribution >= 0.6 is 11.3 Å². The molecule has 2 heterocycles. The largest absolute Gasteiger partial charge is 0.326 e. The van der Waals surface area contributed by atoms with Gasteiger partial charge in [0.05, 0.1) is 4.88 Å². The summed E-state index contributed by atoms with van der Waals surface area (Å²) in [5, 5.41) is 4.73. The SMILES string of the molecule is CC(=O)N1CCc2ccc(NC(=O)CCCC(=O)c3cccs3)cc21. The molecule has 130 valence electrons. The van der Waals surface area contributed by atoms with Crippen LogP contribution in [0.2, 0.25) is 0 Å². The minimum atomic E-state index is -0.119. The monoisotopic (exact) mass is 356 g/mol. The summed E-state index contributed by atoms with van der Waals surface area (Å²) in [4.78, 5) is 38.1. The van der Waals surface area contributed by atoms with Gasteiger partial charge in [-0.05, 0) is 42.0 Å². The third kappa shape index (κ3) is 4.14. The number of rotatable bonds is 6. The number of hydrogen-bond donors (Lipinski definition) is 1. The van der Waals surface area contributed by atoms with Crippen LogP contribution in [0.1, 0.15) is 41.4 Å². The minimum Gasteiger partial charge on any atom is -0.326 e. The van der Waals surface area contributed by atoms with Gasteiger partial charge in [0.15, 0.2) is 5.78 Å². The highest BCUT2D eigenvalue weighted by molar-refractivity contribution is 7.12. The molecule has 0 saturated heterocycles. The van der Waals surface area contributed by atoms with Crippen molar-refractivity contribution in [3.8, 4) is 0 Å². The molecule has 0 radical (unpaired) electrons. The molecular formula is C19H20N2O3S. The van der Waals surface area contributed by atoms with Crippen molar-refractivity contribution in [2.75, 3.05) is 16.8 Å². The van der Waals surface area contributed by atoms with E-state index in [0.717, 1.165) is 22.5 Å². The number of ketones is 1. The quantitative estimate of drug-likeness (QED) is 0.804. The maximum atomic E-state index is 12.1. The molecule has 0 bridgehead atoms. The lowest BCUT2D eigenvalue weighted by molar-refractivity contribution is -0.117. The molecule has 5 nitrogen and oxygen atoms in total. The standard InChI is InChI=1S/C19H20N2O3S/c1-13(22)21-10-9-14-7-8-15(12-16(14)21)20-19(24)6-2-4-17(23)18-5-3-11-25-18/h3,5,7-8,11-12H,2,4,6,9-10H2,1H3,(H,20,24). The number of anilines is 2. The van der Waals surface area contributed by atoms with E-state index in [0.29, 0.717) is 31.5 Å². The van der Waals surface area contributed by atoms with E-state index in [1.807, 2.05) is 29.6 Å². The van der Waals surface area contributed by atoms with Crippen LogP contribution in [0.3, 0.4) is 0 Å². The molecule has 0 aliphatic carbocycles. The first-order valence-corrected chi connectivity index (χ1v) is 9.20. The summed E-state index contributed by atoms with van der Waals surface area (Å²) in [5.41, 5.74) is 2.68. The van der Waals surface area contributed by atoms with Crippen molar-refractivity contribution in [2.24, 2.45) is 0 Å². The van der Waals surface area contributed by atoms with Crippen LogP contribution in [0.4, 0.5) is 11.4 Å². The summed E-state index contributed by atoms with van der Waals surface area (Å²) < 4.78 is 0. The number of amides is 2.